The summed E-state index contributed by atoms with van der Waals surface area (Å²) in [4.78, 5) is 26.9. The van der Waals surface area contributed by atoms with E-state index in [0.29, 0.717) is 17.2 Å². The van der Waals surface area contributed by atoms with E-state index < -0.39 is 11.9 Å². The molecule has 2 aromatic carbocycles. The summed E-state index contributed by atoms with van der Waals surface area (Å²) in [5.74, 6) is -0.233. The highest BCUT2D eigenvalue weighted by Gasteiger charge is 2.27. The van der Waals surface area contributed by atoms with Gasteiger partial charge in [0.15, 0.2) is 0 Å². The van der Waals surface area contributed by atoms with Crippen LogP contribution in [0.3, 0.4) is 0 Å². The van der Waals surface area contributed by atoms with Crippen molar-refractivity contribution in [1.82, 2.24) is 0 Å². The van der Waals surface area contributed by atoms with Crippen molar-refractivity contribution in [3.05, 3.63) is 63.5 Å². The summed E-state index contributed by atoms with van der Waals surface area (Å²) >= 11 is 1.40. The number of ether oxygens (including phenoxy) is 2. The van der Waals surface area contributed by atoms with E-state index in [1.54, 1.807) is 13.0 Å². The first kappa shape index (κ1) is 23.5. The zero-order valence-corrected chi connectivity index (χ0v) is 20.1. The highest BCUT2D eigenvalue weighted by Crippen LogP contribution is 2.39. The van der Waals surface area contributed by atoms with Crippen LogP contribution in [-0.4, -0.2) is 25.1 Å². The Labute approximate surface area is 202 Å². The van der Waals surface area contributed by atoms with Crippen molar-refractivity contribution in [3.8, 4) is 11.8 Å². The van der Waals surface area contributed by atoms with Crippen molar-refractivity contribution in [1.29, 1.82) is 5.26 Å². The lowest BCUT2D eigenvalue weighted by Crippen LogP contribution is -2.16. The van der Waals surface area contributed by atoms with Gasteiger partial charge >= 0.3 is 5.97 Å². The van der Waals surface area contributed by atoms with Gasteiger partial charge in [-0.05, 0) is 68.2 Å². The second-order valence-electron chi connectivity index (χ2n) is 7.89. The van der Waals surface area contributed by atoms with E-state index in [1.807, 2.05) is 49.4 Å². The van der Waals surface area contributed by atoms with Gasteiger partial charge in [-0.15, -0.1) is 11.3 Å². The van der Waals surface area contributed by atoms with Gasteiger partial charge in [0.1, 0.15) is 22.4 Å². The molecule has 1 aromatic heterocycles. The molecule has 1 aliphatic carbocycles. The van der Waals surface area contributed by atoms with Crippen LogP contribution in [0.25, 0.3) is 16.8 Å². The summed E-state index contributed by atoms with van der Waals surface area (Å²) in [5.41, 5.74) is 2.08. The number of carbonyl (C=O) groups excluding carboxylic acids is 2. The van der Waals surface area contributed by atoms with Crippen molar-refractivity contribution >= 4 is 45.1 Å². The molecule has 3 aromatic rings. The molecule has 1 aliphatic rings. The number of rotatable bonds is 7. The number of nitrogens with one attached hydrogen (secondary N) is 1. The molecular weight excluding hydrogens is 448 g/mol. The van der Waals surface area contributed by atoms with Gasteiger partial charge in [-0.2, -0.15) is 5.26 Å². The lowest BCUT2D eigenvalue weighted by atomic mass is 9.95. The predicted octanol–water partition coefficient (Wildman–Crippen LogP) is 5.90. The van der Waals surface area contributed by atoms with E-state index in [1.165, 1.54) is 11.3 Å². The Bertz CT molecular complexity index is 1320. The van der Waals surface area contributed by atoms with E-state index in [0.717, 1.165) is 58.2 Å². The molecule has 0 saturated heterocycles. The summed E-state index contributed by atoms with van der Waals surface area (Å²) in [6.45, 7) is 4.48. The fourth-order valence-electron chi connectivity index (χ4n) is 4.25. The molecular formula is C27H26N2O4S. The maximum atomic E-state index is 13.1. The topological polar surface area (TPSA) is 88.4 Å². The fraction of sp³-hybridized carbons (Fsp3) is 0.296. The van der Waals surface area contributed by atoms with E-state index >= 15 is 0 Å². The average molecular weight is 475 g/mol. The third-order valence-electron chi connectivity index (χ3n) is 5.76. The monoisotopic (exact) mass is 474 g/mol. The molecule has 0 aliphatic heterocycles. The van der Waals surface area contributed by atoms with Crippen LogP contribution in [0.4, 0.5) is 5.00 Å². The number of aryl methyl sites for hydroxylation is 1. The largest absolute Gasteiger partial charge is 0.493 e. The van der Waals surface area contributed by atoms with Crippen molar-refractivity contribution in [2.45, 2.75) is 39.5 Å². The van der Waals surface area contributed by atoms with Crippen LogP contribution < -0.4 is 10.1 Å². The van der Waals surface area contributed by atoms with Crippen LogP contribution in [0, 0.1) is 11.3 Å². The minimum atomic E-state index is -0.551. The smallest absolute Gasteiger partial charge is 0.341 e. The summed E-state index contributed by atoms with van der Waals surface area (Å²) in [6.07, 6.45) is 5.29. The van der Waals surface area contributed by atoms with Crippen molar-refractivity contribution in [2.75, 3.05) is 18.5 Å². The minimum absolute atomic E-state index is 0.0458. The number of hydrogen-bond donors (Lipinski definition) is 1. The standard InChI is InChI=1S/C27H26N2O4S/c1-3-32-22-14-13-17(19-9-5-6-10-20(19)22)15-18(16-28)25(30)29-26-24(27(31)33-4-2)21-11-7-8-12-23(21)34-26/h5-6,9-10,13-15H,3-4,7-8,11-12H2,1-2H3,(H,29,30)/b18-15+. The third-order valence-corrected chi connectivity index (χ3v) is 6.97. The molecule has 4 rings (SSSR count). The zero-order valence-electron chi connectivity index (χ0n) is 19.3. The molecule has 0 radical (unpaired) electrons. The average Bonchev–Trinajstić information content (AvgIpc) is 3.21. The van der Waals surface area contributed by atoms with E-state index in [2.05, 4.69) is 5.32 Å². The van der Waals surface area contributed by atoms with Gasteiger partial charge in [0, 0.05) is 10.3 Å². The number of anilines is 1. The van der Waals surface area contributed by atoms with Gasteiger partial charge in [-0.3, -0.25) is 4.79 Å². The second-order valence-corrected chi connectivity index (χ2v) is 9.00. The number of thiophene rings is 1. The Morgan fingerprint density at radius 1 is 1.09 bits per heavy atom. The van der Waals surface area contributed by atoms with Gasteiger partial charge in [-0.1, -0.05) is 30.3 Å². The van der Waals surface area contributed by atoms with Gasteiger partial charge < -0.3 is 14.8 Å². The van der Waals surface area contributed by atoms with Crippen molar-refractivity contribution in [2.24, 2.45) is 0 Å². The summed E-state index contributed by atoms with van der Waals surface area (Å²) in [6, 6.07) is 13.4. The Morgan fingerprint density at radius 3 is 2.59 bits per heavy atom. The number of benzene rings is 2. The van der Waals surface area contributed by atoms with E-state index in [-0.39, 0.29) is 12.2 Å². The lowest BCUT2D eigenvalue weighted by Gasteiger charge is -2.12. The maximum Gasteiger partial charge on any atom is 0.341 e. The van der Waals surface area contributed by atoms with Crippen molar-refractivity contribution < 1.29 is 19.1 Å². The van der Waals surface area contributed by atoms with Crippen LogP contribution in [-0.2, 0) is 22.4 Å². The first-order chi connectivity index (χ1) is 16.6. The molecule has 34 heavy (non-hydrogen) atoms. The molecule has 0 atom stereocenters. The summed E-state index contributed by atoms with van der Waals surface area (Å²) < 4.78 is 11.0. The van der Waals surface area contributed by atoms with Crippen molar-refractivity contribution in [3.63, 3.8) is 0 Å². The number of esters is 1. The fourth-order valence-corrected chi connectivity index (χ4v) is 5.52. The van der Waals surface area contributed by atoms with Crippen LogP contribution in [0.1, 0.15) is 53.1 Å². The number of fused-ring (bicyclic) bond motifs is 2. The maximum absolute atomic E-state index is 13.1. The Balaban J connectivity index is 1.69. The van der Waals surface area contributed by atoms with Crippen LogP contribution >= 0.6 is 11.3 Å². The van der Waals surface area contributed by atoms with Gasteiger partial charge in [0.25, 0.3) is 5.91 Å². The zero-order chi connectivity index (χ0) is 24.1. The van der Waals surface area contributed by atoms with Crippen LogP contribution in [0.2, 0.25) is 0 Å². The second kappa shape index (κ2) is 10.5. The number of nitrogens with zero attached hydrogens (tertiary/aromatic N) is 1. The Morgan fingerprint density at radius 2 is 1.85 bits per heavy atom. The van der Waals surface area contributed by atoms with Crippen LogP contribution in [0.15, 0.2) is 42.0 Å². The number of hydrogen-bond acceptors (Lipinski definition) is 6. The highest BCUT2D eigenvalue weighted by atomic mass is 32.1. The first-order valence-corrected chi connectivity index (χ1v) is 12.3. The normalized spacial score (nSPS) is 13.1. The Hall–Kier alpha value is -3.63. The minimum Gasteiger partial charge on any atom is -0.493 e. The molecule has 0 bridgehead atoms. The molecule has 0 unspecified atom stereocenters. The van der Waals surface area contributed by atoms with Crippen LogP contribution in [0.5, 0.6) is 5.75 Å². The van der Waals surface area contributed by atoms with Gasteiger partial charge in [0.05, 0.1) is 18.8 Å². The molecule has 7 heteroatoms. The number of carbonyl (C=O) groups is 2. The SMILES string of the molecule is CCOC(=O)c1c(NC(=O)/C(C#N)=C/c2ccc(OCC)c3ccccc23)sc2c1CCCC2. The van der Waals surface area contributed by atoms with E-state index in [9.17, 15) is 14.9 Å². The number of amides is 1. The molecule has 0 saturated carbocycles. The molecule has 1 heterocycles. The van der Waals surface area contributed by atoms with Gasteiger partial charge in [0.2, 0.25) is 0 Å². The Kier molecular flexibility index (Phi) is 7.29. The summed E-state index contributed by atoms with van der Waals surface area (Å²) in [7, 11) is 0. The number of nitriles is 1. The molecule has 1 amide bonds. The molecule has 0 spiro atoms. The van der Waals surface area contributed by atoms with E-state index in [4.69, 9.17) is 9.47 Å². The molecule has 0 fully saturated rings. The van der Waals surface area contributed by atoms with Gasteiger partial charge in [-0.25, -0.2) is 4.79 Å². The molecule has 1 N–H and O–H groups in total. The first-order valence-electron chi connectivity index (χ1n) is 11.5. The highest BCUT2D eigenvalue weighted by molar-refractivity contribution is 7.17. The molecule has 174 valence electrons. The molecule has 6 nitrogen and oxygen atoms in total. The third kappa shape index (κ3) is 4.68. The summed E-state index contributed by atoms with van der Waals surface area (Å²) in [5, 5.41) is 14.8. The quantitative estimate of drug-likeness (QED) is 0.262. The lowest BCUT2D eigenvalue weighted by molar-refractivity contribution is -0.112. The predicted molar refractivity (Wildman–Crippen MR) is 134 cm³/mol.